The standard InChI is InChI=1S/C10H22N/c1-3-5-6-7-8-11(4-2)9-10-11/h3-10H2,1-2H3/q+1. The third kappa shape index (κ3) is 2.82. The van der Waals surface area contributed by atoms with Gasteiger partial charge in [-0.05, 0) is 19.8 Å². The van der Waals surface area contributed by atoms with Gasteiger partial charge in [-0.15, -0.1) is 0 Å². The van der Waals surface area contributed by atoms with Crippen LogP contribution in [0.2, 0.25) is 0 Å². The van der Waals surface area contributed by atoms with E-state index in [9.17, 15) is 0 Å². The van der Waals surface area contributed by atoms with Gasteiger partial charge in [0, 0.05) is 0 Å². The van der Waals surface area contributed by atoms with E-state index in [1.807, 2.05) is 0 Å². The lowest BCUT2D eigenvalue weighted by atomic mass is 10.2. The Bertz CT molecular complexity index is 105. The van der Waals surface area contributed by atoms with Crippen LogP contribution in [-0.4, -0.2) is 30.7 Å². The molecule has 0 N–H and O–H groups in total. The van der Waals surface area contributed by atoms with E-state index in [0.717, 1.165) is 0 Å². The molecule has 1 rings (SSSR count). The minimum absolute atomic E-state index is 1.37. The maximum absolute atomic E-state index is 2.33. The Morgan fingerprint density at radius 3 is 2.18 bits per heavy atom. The number of rotatable bonds is 6. The summed E-state index contributed by atoms with van der Waals surface area (Å²) < 4.78 is 1.43. The lowest BCUT2D eigenvalue weighted by Crippen LogP contribution is -2.26. The monoisotopic (exact) mass is 156 g/mol. The molecule has 0 aromatic carbocycles. The molecule has 0 radical (unpaired) electrons. The summed E-state index contributed by atoms with van der Waals surface area (Å²) in [6.07, 6.45) is 5.72. The van der Waals surface area contributed by atoms with Gasteiger partial charge >= 0.3 is 0 Å². The van der Waals surface area contributed by atoms with Crippen molar-refractivity contribution in [3.8, 4) is 0 Å². The Balaban J connectivity index is 1.94. The van der Waals surface area contributed by atoms with Crippen molar-refractivity contribution in [3.63, 3.8) is 0 Å². The number of hydrogen-bond acceptors (Lipinski definition) is 0. The normalized spacial score (nSPS) is 20.2. The molecular weight excluding hydrogens is 134 g/mol. The van der Waals surface area contributed by atoms with Crippen LogP contribution in [0.1, 0.15) is 39.5 Å². The van der Waals surface area contributed by atoms with Crippen LogP contribution in [0.15, 0.2) is 0 Å². The molecule has 0 spiro atoms. The highest BCUT2D eigenvalue weighted by atomic mass is 15.5. The molecule has 0 bridgehead atoms. The molecule has 1 heterocycles. The third-order valence-electron chi connectivity index (χ3n) is 3.01. The second kappa shape index (κ2) is 4.10. The molecule has 1 fully saturated rings. The number of nitrogens with zero attached hydrogens (tertiary/aromatic N) is 1. The number of hydrogen-bond donors (Lipinski definition) is 0. The molecule has 1 aliphatic rings. The summed E-state index contributed by atoms with van der Waals surface area (Å²) in [5, 5.41) is 0. The second-order valence-corrected chi connectivity index (χ2v) is 3.89. The molecule has 66 valence electrons. The van der Waals surface area contributed by atoms with E-state index in [1.165, 1.54) is 56.3 Å². The van der Waals surface area contributed by atoms with Crippen molar-refractivity contribution in [2.24, 2.45) is 0 Å². The number of likely N-dealkylation sites (N-methyl/N-ethyl adjacent to an activating group) is 1. The van der Waals surface area contributed by atoms with E-state index < -0.39 is 0 Å². The van der Waals surface area contributed by atoms with Crippen LogP contribution in [0, 0.1) is 0 Å². The quantitative estimate of drug-likeness (QED) is 0.315. The molecule has 0 saturated carbocycles. The fourth-order valence-electron chi connectivity index (χ4n) is 1.71. The summed E-state index contributed by atoms with van der Waals surface area (Å²) in [6.45, 7) is 10.3. The molecule has 11 heavy (non-hydrogen) atoms. The number of unbranched alkanes of at least 4 members (excludes halogenated alkanes) is 3. The highest BCUT2D eigenvalue weighted by Crippen LogP contribution is 2.21. The first-order valence-corrected chi connectivity index (χ1v) is 5.18. The van der Waals surface area contributed by atoms with Gasteiger partial charge in [0.15, 0.2) is 0 Å². The minimum atomic E-state index is 1.37. The van der Waals surface area contributed by atoms with Crippen molar-refractivity contribution in [2.75, 3.05) is 26.2 Å². The van der Waals surface area contributed by atoms with Gasteiger partial charge < -0.3 is 4.48 Å². The Morgan fingerprint density at radius 1 is 1.00 bits per heavy atom. The molecule has 1 heteroatoms. The Kier molecular flexibility index (Phi) is 3.38. The van der Waals surface area contributed by atoms with Crippen LogP contribution >= 0.6 is 0 Å². The Morgan fingerprint density at radius 2 is 1.73 bits per heavy atom. The van der Waals surface area contributed by atoms with Crippen molar-refractivity contribution >= 4 is 0 Å². The topological polar surface area (TPSA) is 0 Å². The van der Waals surface area contributed by atoms with Gasteiger partial charge in [-0.3, -0.25) is 0 Å². The summed E-state index contributed by atoms with van der Waals surface area (Å²) >= 11 is 0. The van der Waals surface area contributed by atoms with Crippen molar-refractivity contribution in [2.45, 2.75) is 39.5 Å². The lowest BCUT2D eigenvalue weighted by Gasteiger charge is -2.15. The molecule has 0 amide bonds. The summed E-state index contributed by atoms with van der Waals surface area (Å²) in [5.41, 5.74) is 0. The zero-order chi connectivity index (χ0) is 8.16. The van der Waals surface area contributed by atoms with Crippen LogP contribution in [-0.2, 0) is 0 Å². The fraction of sp³-hybridized carbons (Fsp3) is 1.00. The predicted molar refractivity (Wildman–Crippen MR) is 49.5 cm³/mol. The Hall–Kier alpha value is -0.0400. The molecule has 1 saturated heterocycles. The third-order valence-corrected chi connectivity index (χ3v) is 3.01. The second-order valence-electron chi connectivity index (χ2n) is 3.89. The molecule has 0 aromatic heterocycles. The van der Waals surface area contributed by atoms with Gasteiger partial charge in [0.25, 0.3) is 0 Å². The SMILES string of the molecule is CCCCCC[N+]1(CC)CC1. The molecule has 1 aliphatic heterocycles. The van der Waals surface area contributed by atoms with E-state index in [1.54, 1.807) is 0 Å². The largest absolute Gasteiger partial charge is 0.315 e. The van der Waals surface area contributed by atoms with Gasteiger partial charge in [0.1, 0.15) is 13.1 Å². The zero-order valence-corrected chi connectivity index (χ0v) is 8.10. The van der Waals surface area contributed by atoms with Crippen LogP contribution in [0.3, 0.4) is 0 Å². The van der Waals surface area contributed by atoms with E-state index in [2.05, 4.69) is 13.8 Å². The first-order chi connectivity index (χ1) is 5.33. The molecule has 0 atom stereocenters. The highest BCUT2D eigenvalue weighted by molar-refractivity contribution is 4.55. The fourth-order valence-corrected chi connectivity index (χ4v) is 1.71. The van der Waals surface area contributed by atoms with Gasteiger partial charge in [0.05, 0.1) is 13.1 Å². The van der Waals surface area contributed by atoms with Crippen molar-refractivity contribution < 1.29 is 4.48 Å². The van der Waals surface area contributed by atoms with Crippen molar-refractivity contribution in [3.05, 3.63) is 0 Å². The average molecular weight is 156 g/mol. The predicted octanol–water partition coefficient (Wildman–Crippen LogP) is 2.42. The minimum Gasteiger partial charge on any atom is -0.315 e. The van der Waals surface area contributed by atoms with E-state index in [4.69, 9.17) is 0 Å². The molecule has 0 aromatic rings. The van der Waals surface area contributed by atoms with E-state index >= 15 is 0 Å². The lowest BCUT2D eigenvalue weighted by molar-refractivity contribution is -0.797. The summed E-state index contributed by atoms with van der Waals surface area (Å²) in [7, 11) is 0. The maximum atomic E-state index is 2.33. The molecule has 1 nitrogen and oxygen atoms in total. The zero-order valence-electron chi connectivity index (χ0n) is 8.10. The molecule has 0 unspecified atom stereocenters. The first kappa shape index (κ1) is 9.05. The van der Waals surface area contributed by atoms with Crippen molar-refractivity contribution in [1.82, 2.24) is 0 Å². The van der Waals surface area contributed by atoms with Crippen LogP contribution in [0.5, 0.6) is 0 Å². The van der Waals surface area contributed by atoms with Crippen molar-refractivity contribution in [1.29, 1.82) is 0 Å². The molecular formula is C10H22N+. The van der Waals surface area contributed by atoms with Crippen LogP contribution in [0.4, 0.5) is 0 Å². The van der Waals surface area contributed by atoms with Gasteiger partial charge in [-0.2, -0.15) is 0 Å². The maximum Gasteiger partial charge on any atom is 0.129 e. The van der Waals surface area contributed by atoms with E-state index in [0.29, 0.717) is 0 Å². The summed E-state index contributed by atoms with van der Waals surface area (Å²) in [5.74, 6) is 0. The number of quaternary nitrogens is 1. The Labute approximate surface area is 71.0 Å². The summed E-state index contributed by atoms with van der Waals surface area (Å²) in [6, 6.07) is 0. The van der Waals surface area contributed by atoms with Gasteiger partial charge in [-0.25, -0.2) is 0 Å². The first-order valence-electron chi connectivity index (χ1n) is 5.18. The van der Waals surface area contributed by atoms with E-state index in [-0.39, 0.29) is 0 Å². The average Bonchev–Trinajstić information content (AvgIpc) is 2.80. The van der Waals surface area contributed by atoms with Crippen LogP contribution in [0.25, 0.3) is 0 Å². The molecule has 0 aliphatic carbocycles. The highest BCUT2D eigenvalue weighted by Gasteiger charge is 2.38. The van der Waals surface area contributed by atoms with Gasteiger partial charge in [-0.1, -0.05) is 19.8 Å². The smallest absolute Gasteiger partial charge is 0.129 e. The summed E-state index contributed by atoms with van der Waals surface area (Å²) in [4.78, 5) is 0. The van der Waals surface area contributed by atoms with Gasteiger partial charge in [0.2, 0.25) is 0 Å². The van der Waals surface area contributed by atoms with Crippen LogP contribution < -0.4 is 0 Å².